The fraction of sp³-hybridized carbons (Fsp3) is 0.200. The molecule has 0 bridgehead atoms. The van der Waals surface area contributed by atoms with E-state index in [1.54, 1.807) is 0 Å². The monoisotopic (exact) mass is 883 g/mol. The maximum atomic E-state index is 6.42. The fourth-order valence-electron chi connectivity index (χ4n) is 6.98. The van der Waals surface area contributed by atoms with Gasteiger partial charge in [0.1, 0.15) is 5.58 Å². The van der Waals surface area contributed by atoms with Crippen molar-refractivity contribution in [1.29, 1.82) is 0 Å². The molecule has 0 fully saturated rings. The summed E-state index contributed by atoms with van der Waals surface area (Å²) in [6, 6.07) is 48.9. The van der Waals surface area contributed by atoms with E-state index in [2.05, 4.69) is 169 Å². The van der Waals surface area contributed by atoms with Crippen LogP contribution in [0.3, 0.4) is 0 Å². The molecule has 0 saturated carbocycles. The summed E-state index contributed by atoms with van der Waals surface area (Å²) in [5.74, 6) is 0.669. The van der Waals surface area contributed by atoms with Crippen molar-refractivity contribution in [3.63, 3.8) is 0 Å². The first kappa shape index (κ1) is 38.6. The van der Waals surface area contributed by atoms with Gasteiger partial charge in [0.25, 0.3) is 0 Å². The average molecular weight is 883 g/mol. The minimum absolute atomic E-state index is 0. The Hall–Kier alpha value is -5.15. The molecule has 0 aliphatic rings. The van der Waals surface area contributed by atoms with Gasteiger partial charge in [-0.05, 0) is 83.1 Å². The van der Waals surface area contributed by atoms with Gasteiger partial charge >= 0.3 is 0 Å². The van der Waals surface area contributed by atoms with E-state index in [1.165, 1.54) is 38.9 Å². The Morgan fingerprint density at radius 1 is 0.685 bits per heavy atom. The third-order valence-electron chi connectivity index (χ3n) is 10.2. The van der Waals surface area contributed by atoms with Gasteiger partial charge in [0, 0.05) is 43.3 Å². The summed E-state index contributed by atoms with van der Waals surface area (Å²) in [4.78, 5) is 9.32. The van der Waals surface area contributed by atoms with Crippen LogP contribution < -0.4 is 0 Å². The molecule has 0 saturated heterocycles. The Balaban J connectivity index is 0.000000222. The van der Waals surface area contributed by atoms with Crippen LogP contribution in [-0.4, -0.2) is 9.97 Å². The molecule has 8 rings (SSSR count). The average Bonchev–Trinajstić information content (AvgIpc) is 3.55. The van der Waals surface area contributed by atoms with Gasteiger partial charge in [-0.2, -0.15) is 0 Å². The molecule has 0 atom stereocenters. The van der Waals surface area contributed by atoms with E-state index in [9.17, 15) is 0 Å². The Bertz CT molecular complexity index is 2500. The Morgan fingerprint density at radius 2 is 1.41 bits per heavy atom. The normalized spacial score (nSPS) is 11.3. The molecule has 0 spiro atoms. The van der Waals surface area contributed by atoms with Gasteiger partial charge in [-0.1, -0.05) is 130 Å². The zero-order chi connectivity index (χ0) is 37.1. The van der Waals surface area contributed by atoms with Gasteiger partial charge in [-0.3, -0.25) is 0 Å². The molecular weight excluding hydrogens is 837 g/mol. The Labute approximate surface area is 333 Å². The van der Waals surface area contributed by atoms with Crippen molar-refractivity contribution < 1.29 is 24.5 Å². The summed E-state index contributed by atoms with van der Waals surface area (Å²) in [7, 11) is 0. The molecule has 0 N–H and O–H groups in total. The minimum atomic E-state index is -0.119. The third-order valence-corrected chi connectivity index (χ3v) is 10.2. The molecule has 3 heterocycles. The SMILES string of the molecule is Cc1c[c-]c(-c2cc(C)c(CC(C)C)cn2)cc1.Cc1cnc(-c2[c-]ccc3c2oc2ccc(C(C)(C)c4ccccc4)cc23)cc1-c1ccccc1.[Ir]. The second kappa shape index (κ2) is 16.5. The Morgan fingerprint density at radius 3 is 2.09 bits per heavy atom. The van der Waals surface area contributed by atoms with Gasteiger partial charge in [0.05, 0.1) is 5.58 Å². The zero-order valence-corrected chi connectivity index (χ0v) is 34.5. The van der Waals surface area contributed by atoms with Crippen molar-refractivity contribution in [2.75, 3.05) is 0 Å². The number of pyridine rings is 2. The van der Waals surface area contributed by atoms with E-state index in [-0.39, 0.29) is 25.5 Å². The first-order valence-corrected chi connectivity index (χ1v) is 18.5. The molecule has 8 aromatic rings. The number of hydrogen-bond acceptors (Lipinski definition) is 3. The predicted octanol–water partition coefficient (Wildman–Crippen LogP) is 13.1. The van der Waals surface area contributed by atoms with Crippen molar-refractivity contribution >= 4 is 21.9 Å². The van der Waals surface area contributed by atoms with Crippen LogP contribution in [0.25, 0.3) is 55.6 Å². The summed E-state index contributed by atoms with van der Waals surface area (Å²) in [5, 5.41) is 2.20. The van der Waals surface area contributed by atoms with E-state index in [4.69, 9.17) is 9.40 Å². The second-order valence-electron chi connectivity index (χ2n) is 15.0. The van der Waals surface area contributed by atoms with Gasteiger partial charge in [-0.15, -0.1) is 53.6 Å². The van der Waals surface area contributed by atoms with E-state index in [1.807, 2.05) is 30.6 Å². The number of furan rings is 1. The van der Waals surface area contributed by atoms with E-state index in [0.717, 1.165) is 56.4 Å². The Kier molecular flexibility index (Phi) is 11.8. The van der Waals surface area contributed by atoms with Gasteiger partial charge in [0.15, 0.2) is 0 Å². The largest absolute Gasteiger partial charge is 0.501 e. The van der Waals surface area contributed by atoms with Crippen LogP contribution in [-0.2, 0) is 31.9 Å². The van der Waals surface area contributed by atoms with E-state index in [0.29, 0.717) is 5.92 Å². The quantitative estimate of drug-likeness (QED) is 0.150. The summed E-state index contributed by atoms with van der Waals surface area (Å²) in [5.41, 5.74) is 15.4. The van der Waals surface area contributed by atoms with Crippen molar-refractivity contribution in [3.05, 3.63) is 179 Å². The van der Waals surface area contributed by atoms with Crippen LogP contribution in [0.4, 0.5) is 0 Å². The van der Waals surface area contributed by atoms with E-state index >= 15 is 0 Å². The number of fused-ring (bicyclic) bond motifs is 3. The van der Waals surface area contributed by atoms with Crippen molar-refractivity contribution in [2.24, 2.45) is 5.92 Å². The maximum Gasteiger partial charge on any atom is 0.120 e. The first-order chi connectivity index (χ1) is 25.6. The minimum Gasteiger partial charge on any atom is -0.501 e. The van der Waals surface area contributed by atoms with Crippen LogP contribution >= 0.6 is 0 Å². The number of rotatable bonds is 7. The summed E-state index contributed by atoms with van der Waals surface area (Å²) in [6.07, 6.45) is 5.04. The molecule has 4 heteroatoms. The standard InChI is InChI=1S/C33H26NO.C17H20N.Ir/c1-22-21-34-30(20-28(22)23-11-6-4-7-12-23)27-16-10-15-26-29-19-25(17-18-31(29)35-32(26)27)33(2,3)24-13-8-5-9-14-24;1-12(2)9-16-11-18-17(10-14(16)4)15-7-5-13(3)6-8-15;/h4-15,17-21H,1-3H3;5-7,10-12H,9H2,1-4H3;/q2*-1;. The van der Waals surface area contributed by atoms with Gasteiger partial charge in [-0.25, -0.2) is 0 Å². The molecule has 1 radical (unpaired) electrons. The number of hydrogen-bond donors (Lipinski definition) is 0. The summed E-state index contributed by atoms with van der Waals surface area (Å²) in [6.45, 7) is 15.4. The molecule has 3 aromatic heterocycles. The van der Waals surface area contributed by atoms with E-state index < -0.39 is 0 Å². The molecule has 0 amide bonds. The van der Waals surface area contributed by atoms with Crippen molar-refractivity contribution in [1.82, 2.24) is 9.97 Å². The van der Waals surface area contributed by atoms with Crippen LogP contribution in [0, 0.1) is 38.8 Å². The van der Waals surface area contributed by atoms with Crippen LogP contribution in [0.5, 0.6) is 0 Å². The zero-order valence-electron chi connectivity index (χ0n) is 32.1. The van der Waals surface area contributed by atoms with Crippen LogP contribution in [0.15, 0.2) is 138 Å². The summed E-state index contributed by atoms with van der Waals surface area (Å²) < 4.78 is 6.42. The maximum absolute atomic E-state index is 6.42. The first-order valence-electron chi connectivity index (χ1n) is 18.5. The molecule has 0 aliphatic carbocycles. The molecule has 273 valence electrons. The topological polar surface area (TPSA) is 38.9 Å². The molecular formula is C50H46IrN2O-2. The van der Waals surface area contributed by atoms with Crippen LogP contribution in [0.1, 0.15) is 61.1 Å². The molecule has 5 aromatic carbocycles. The number of aromatic nitrogens is 2. The van der Waals surface area contributed by atoms with Crippen LogP contribution in [0.2, 0.25) is 0 Å². The molecule has 0 unspecified atom stereocenters. The van der Waals surface area contributed by atoms with Crippen molar-refractivity contribution in [2.45, 2.75) is 60.3 Å². The van der Waals surface area contributed by atoms with Gasteiger partial charge in [0.2, 0.25) is 0 Å². The summed E-state index contributed by atoms with van der Waals surface area (Å²) >= 11 is 0. The predicted molar refractivity (Wildman–Crippen MR) is 221 cm³/mol. The van der Waals surface area contributed by atoms with Gasteiger partial charge < -0.3 is 14.4 Å². The van der Waals surface area contributed by atoms with Crippen molar-refractivity contribution in [3.8, 4) is 33.6 Å². The smallest absolute Gasteiger partial charge is 0.120 e. The molecule has 54 heavy (non-hydrogen) atoms. The second-order valence-corrected chi connectivity index (χ2v) is 15.0. The number of nitrogens with zero attached hydrogens (tertiary/aromatic N) is 2. The number of aryl methyl sites for hydroxylation is 3. The fourth-order valence-corrected chi connectivity index (χ4v) is 6.98. The molecule has 3 nitrogen and oxygen atoms in total. The number of benzene rings is 5. The third kappa shape index (κ3) is 8.16. The molecule has 0 aliphatic heterocycles.